The van der Waals surface area contributed by atoms with Crippen LogP contribution >= 0.6 is 15.9 Å². The average Bonchev–Trinajstić information content (AvgIpc) is 2.77. The van der Waals surface area contributed by atoms with E-state index in [1.807, 2.05) is 0 Å². The van der Waals surface area contributed by atoms with Crippen LogP contribution in [0.3, 0.4) is 0 Å². The maximum atomic E-state index is 3.67. The summed E-state index contributed by atoms with van der Waals surface area (Å²) in [6.45, 7) is 3.21. The Bertz CT molecular complexity index is 593. The fraction of sp³-hybridized carbons (Fsp3) is 0.333. The smallest absolute Gasteiger partial charge is 0.0357 e. The topological polar surface area (TPSA) is 12.0 Å². The molecule has 2 unspecified atom stereocenters. The van der Waals surface area contributed by atoms with E-state index in [1.165, 1.54) is 27.6 Å². The standard InChI is InChI=1S/C18H20BrN/c1-2-20-18-15(10-13-6-5-8-16(19)11-13)12-14-7-3-4-9-17(14)18/h3-9,11,15,18,20H,2,10,12H2,1H3. The Balaban J connectivity index is 1.83. The van der Waals surface area contributed by atoms with Crippen molar-refractivity contribution in [1.82, 2.24) is 5.32 Å². The third-order valence-electron chi connectivity index (χ3n) is 4.15. The van der Waals surface area contributed by atoms with E-state index < -0.39 is 0 Å². The zero-order valence-corrected chi connectivity index (χ0v) is 13.4. The van der Waals surface area contributed by atoms with E-state index in [0.29, 0.717) is 12.0 Å². The second-order valence-corrected chi connectivity index (χ2v) is 6.45. The predicted octanol–water partition coefficient (Wildman–Crippen LogP) is 4.51. The number of hydrogen-bond donors (Lipinski definition) is 1. The SMILES string of the molecule is CCNC1c2ccccc2CC1Cc1cccc(Br)c1. The molecular weight excluding hydrogens is 310 g/mol. The molecule has 0 fully saturated rings. The van der Waals surface area contributed by atoms with Gasteiger partial charge in [0.05, 0.1) is 0 Å². The fourth-order valence-electron chi connectivity index (χ4n) is 3.33. The van der Waals surface area contributed by atoms with Gasteiger partial charge in [-0.3, -0.25) is 0 Å². The Morgan fingerprint density at radius 3 is 2.80 bits per heavy atom. The predicted molar refractivity (Wildman–Crippen MR) is 87.9 cm³/mol. The van der Waals surface area contributed by atoms with Gasteiger partial charge in [0.25, 0.3) is 0 Å². The van der Waals surface area contributed by atoms with Crippen LogP contribution in [0.4, 0.5) is 0 Å². The summed E-state index contributed by atoms with van der Waals surface area (Å²) < 4.78 is 1.17. The van der Waals surface area contributed by atoms with Crippen molar-refractivity contribution in [2.45, 2.75) is 25.8 Å². The van der Waals surface area contributed by atoms with Crippen LogP contribution in [-0.4, -0.2) is 6.54 Å². The van der Waals surface area contributed by atoms with Crippen molar-refractivity contribution in [2.75, 3.05) is 6.54 Å². The van der Waals surface area contributed by atoms with Crippen molar-refractivity contribution < 1.29 is 0 Å². The normalized spacial score (nSPS) is 20.9. The third-order valence-corrected chi connectivity index (χ3v) is 4.65. The lowest BCUT2D eigenvalue weighted by Crippen LogP contribution is -2.26. The monoisotopic (exact) mass is 329 g/mol. The molecule has 2 aromatic carbocycles. The lowest BCUT2D eigenvalue weighted by Gasteiger charge is -2.21. The first-order valence-corrected chi connectivity index (χ1v) is 8.13. The highest BCUT2D eigenvalue weighted by Crippen LogP contribution is 2.38. The molecule has 0 heterocycles. The van der Waals surface area contributed by atoms with E-state index in [1.54, 1.807) is 0 Å². The molecule has 0 saturated carbocycles. The molecule has 2 aromatic rings. The number of nitrogens with one attached hydrogen (secondary N) is 1. The molecule has 20 heavy (non-hydrogen) atoms. The van der Waals surface area contributed by atoms with Gasteiger partial charge in [-0.1, -0.05) is 59.3 Å². The quantitative estimate of drug-likeness (QED) is 0.869. The van der Waals surface area contributed by atoms with Crippen molar-refractivity contribution >= 4 is 15.9 Å². The van der Waals surface area contributed by atoms with Gasteiger partial charge in [0.15, 0.2) is 0 Å². The summed E-state index contributed by atoms with van der Waals surface area (Å²) in [7, 11) is 0. The van der Waals surface area contributed by atoms with Gasteiger partial charge in [0, 0.05) is 10.5 Å². The minimum absolute atomic E-state index is 0.496. The van der Waals surface area contributed by atoms with E-state index in [0.717, 1.165) is 13.0 Å². The second kappa shape index (κ2) is 6.11. The Morgan fingerprint density at radius 2 is 2.00 bits per heavy atom. The van der Waals surface area contributed by atoms with Crippen LogP contribution in [0.2, 0.25) is 0 Å². The van der Waals surface area contributed by atoms with Gasteiger partial charge in [-0.15, -0.1) is 0 Å². The van der Waals surface area contributed by atoms with Crippen LogP contribution < -0.4 is 5.32 Å². The van der Waals surface area contributed by atoms with E-state index in [2.05, 4.69) is 76.7 Å². The fourth-order valence-corrected chi connectivity index (χ4v) is 3.78. The number of benzene rings is 2. The summed E-state index contributed by atoms with van der Waals surface area (Å²) in [6, 6.07) is 18.1. The van der Waals surface area contributed by atoms with Crippen molar-refractivity contribution in [3.63, 3.8) is 0 Å². The number of hydrogen-bond acceptors (Lipinski definition) is 1. The van der Waals surface area contributed by atoms with Gasteiger partial charge in [0.2, 0.25) is 0 Å². The minimum atomic E-state index is 0.496. The summed E-state index contributed by atoms with van der Waals surface area (Å²) in [4.78, 5) is 0. The van der Waals surface area contributed by atoms with E-state index in [4.69, 9.17) is 0 Å². The highest BCUT2D eigenvalue weighted by molar-refractivity contribution is 9.10. The van der Waals surface area contributed by atoms with Crippen LogP contribution in [0.1, 0.15) is 29.7 Å². The zero-order valence-electron chi connectivity index (χ0n) is 11.8. The highest BCUT2D eigenvalue weighted by atomic mass is 79.9. The molecule has 1 aliphatic carbocycles. The van der Waals surface area contributed by atoms with Gasteiger partial charge >= 0.3 is 0 Å². The van der Waals surface area contributed by atoms with Crippen LogP contribution in [0.15, 0.2) is 53.0 Å². The molecule has 0 aliphatic heterocycles. The summed E-state index contributed by atoms with van der Waals surface area (Å²) in [5.74, 6) is 0.654. The lowest BCUT2D eigenvalue weighted by atomic mass is 9.93. The molecule has 2 atom stereocenters. The minimum Gasteiger partial charge on any atom is -0.310 e. The van der Waals surface area contributed by atoms with Gasteiger partial charge in [-0.2, -0.15) is 0 Å². The van der Waals surface area contributed by atoms with Gasteiger partial charge < -0.3 is 5.32 Å². The first-order chi connectivity index (χ1) is 9.78. The molecule has 0 radical (unpaired) electrons. The van der Waals surface area contributed by atoms with Crippen molar-refractivity contribution in [1.29, 1.82) is 0 Å². The molecule has 2 heteroatoms. The van der Waals surface area contributed by atoms with Crippen molar-refractivity contribution in [2.24, 2.45) is 5.92 Å². The van der Waals surface area contributed by atoms with Crippen LogP contribution in [0.5, 0.6) is 0 Å². The Labute approximate surface area is 129 Å². The zero-order chi connectivity index (χ0) is 13.9. The molecule has 1 nitrogen and oxygen atoms in total. The molecule has 0 amide bonds. The van der Waals surface area contributed by atoms with Crippen molar-refractivity contribution in [3.8, 4) is 0 Å². The largest absolute Gasteiger partial charge is 0.310 e. The summed E-state index contributed by atoms with van der Waals surface area (Å²) in [5, 5.41) is 3.67. The molecule has 1 N–H and O–H groups in total. The maximum Gasteiger partial charge on any atom is 0.0357 e. The van der Waals surface area contributed by atoms with E-state index >= 15 is 0 Å². The van der Waals surface area contributed by atoms with E-state index in [-0.39, 0.29) is 0 Å². The molecule has 0 saturated heterocycles. The van der Waals surface area contributed by atoms with E-state index in [9.17, 15) is 0 Å². The number of rotatable bonds is 4. The molecule has 3 rings (SSSR count). The molecule has 0 spiro atoms. The highest BCUT2D eigenvalue weighted by Gasteiger charge is 2.31. The van der Waals surface area contributed by atoms with Gasteiger partial charge in [0.1, 0.15) is 0 Å². The Morgan fingerprint density at radius 1 is 1.15 bits per heavy atom. The van der Waals surface area contributed by atoms with Crippen LogP contribution in [0.25, 0.3) is 0 Å². The maximum absolute atomic E-state index is 3.67. The molecule has 1 aliphatic rings. The lowest BCUT2D eigenvalue weighted by molar-refractivity contribution is 0.394. The average molecular weight is 330 g/mol. The van der Waals surface area contributed by atoms with Gasteiger partial charge in [-0.05, 0) is 54.1 Å². The Kier molecular flexibility index (Phi) is 4.23. The van der Waals surface area contributed by atoms with Crippen molar-refractivity contribution in [3.05, 3.63) is 69.7 Å². The molecule has 0 aromatic heterocycles. The first-order valence-electron chi connectivity index (χ1n) is 7.33. The molecule has 0 bridgehead atoms. The molecular formula is C18H20BrN. The molecule has 104 valence electrons. The Hall–Kier alpha value is -1.12. The number of fused-ring (bicyclic) bond motifs is 1. The summed E-state index contributed by atoms with van der Waals surface area (Å²) in [5.41, 5.74) is 4.42. The van der Waals surface area contributed by atoms with Gasteiger partial charge in [-0.25, -0.2) is 0 Å². The third kappa shape index (κ3) is 2.82. The first kappa shape index (κ1) is 13.8. The summed E-state index contributed by atoms with van der Waals surface area (Å²) in [6.07, 6.45) is 2.31. The van der Waals surface area contributed by atoms with Crippen LogP contribution in [-0.2, 0) is 12.8 Å². The second-order valence-electron chi connectivity index (χ2n) is 5.53. The van der Waals surface area contributed by atoms with Crippen LogP contribution in [0, 0.1) is 5.92 Å². The summed E-state index contributed by atoms with van der Waals surface area (Å²) >= 11 is 3.57. The number of halogens is 1.